The molecule has 16 aromatic rings. The van der Waals surface area contributed by atoms with E-state index in [1.54, 1.807) is 30.3 Å². The molecule has 0 saturated heterocycles. The van der Waals surface area contributed by atoms with Crippen LogP contribution in [-0.2, 0) is 92.8 Å². The van der Waals surface area contributed by atoms with Crippen LogP contribution in [0.4, 0.5) is 57.9 Å². The molecule has 2 atom stereocenters. The fraction of sp³-hybridized carbons (Fsp3) is 0.0476. The number of benzene rings is 14. The molecule has 0 saturated carbocycles. The molecule has 18 rings (SSSR count). The third kappa shape index (κ3) is 15.6. The van der Waals surface area contributed by atoms with Crippen LogP contribution in [0, 0.1) is 35.9 Å². The first-order valence-electron chi connectivity index (χ1n) is 31.8. The summed E-state index contributed by atoms with van der Waals surface area (Å²) >= 11 is 0. The van der Waals surface area contributed by atoms with E-state index < -0.39 is 29.5 Å². The van der Waals surface area contributed by atoms with Gasteiger partial charge in [0.15, 0.2) is 12.1 Å². The summed E-state index contributed by atoms with van der Waals surface area (Å²) in [5.74, 6) is -0.676. The molecule has 104 heavy (non-hydrogen) atoms. The Morgan fingerprint density at radius 1 is 0.375 bits per heavy atom. The molecular weight excluding hydrogens is 2040 g/mol. The molecule has 0 fully saturated rings. The van der Waals surface area contributed by atoms with Gasteiger partial charge in [-0.15, -0.1) is 58.6 Å². The SMILES string of the molecule is FC(F)(F)c1ccc(C2N=[N+](c3[c-]ccc(C(F)(F)F)c3)c3ccccc32)cc1.Fc1cc[c-]c(-n2ncc3cc(F)ccc32)c1.[Ir].[Ir].[Ir].[Ir].[c-]1cc2ccccc2cc1-n1nc(-c2cccc3ccccc23)c2ccccc21.[c-]1ccc2ccccc2c1[N+]1=NC(c2ccccc2)c2ccccc21. The first kappa shape index (κ1) is 75.2. The van der Waals surface area contributed by atoms with Gasteiger partial charge in [0.25, 0.3) is 0 Å². The monoisotopic (exact) mass is 2100 g/mol. The summed E-state index contributed by atoms with van der Waals surface area (Å²) in [6.45, 7) is 0. The number of hydrogen-bond acceptors (Lipinski definition) is 4. The first-order valence-corrected chi connectivity index (χ1v) is 31.8. The topological polar surface area (TPSA) is 66.4 Å². The summed E-state index contributed by atoms with van der Waals surface area (Å²) in [5.41, 5.74) is 10.2. The van der Waals surface area contributed by atoms with Crippen molar-refractivity contribution in [2.24, 2.45) is 10.2 Å². The van der Waals surface area contributed by atoms with Crippen LogP contribution in [0.3, 0.4) is 0 Å². The summed E-state index contributed by atoms with van der Waals surface area (Å²) in [4.78, 5) is 0. The molecule has 0 aliphatic carbocycles. The second-order valence-electron chi connectivity index (χ2n) is 23.6. The Kier molecular flexibility index (Phi) is 23.4. The summed E-state index contributed by atoms with van der Waals surface area (Å²) in [7, 11) is 0. The molecule has 20 heteroatoms. The van der Waals surface area contributed by atoms with E-state index in [0.29, 0.717) is 33.4 Å². The van der Waals surface area contributed by atoms with Crippen LogP contribution in [-0.4, -0.2) is 19.6 Å². The number of alkyl halides is 6. The Morgan fingerprint density at radius 2 is 0.923 bits per heavy atom. The zero-order chi connectivity index (χ0) is 68.5. The normalized spacial score (nSPS) is 13.4. The Bertz CT molecular complexity index is 5800. The zero-order valence-electron chi connectivity index (χ0n) is 54.0. The molecule has 8 nitrogen and oxygen atoms in total. The van der Waals surface area contributed by atoms with Gasteiger partial charge in [-0.2, -0.15) is 85.1 Å². The Hall–Kier alpha value is -9.96. The molecule has 14 aromatic carbocycles. The van der Waals surface area contributed by atoms with Crippen LogP contribution in [0.1, 0.15) is 45.5 Å². The standard InChI is InChI=1S/C27H17N2.C23H16N2.C21H12F6N2.C13H7F2N2.4Ir/c1-2-10-21-18-22(17-16-19(21)8-1)29-26-15-6-5-13-25(26)27(28-29)24-14-7-11-20-9-3-4-12-23(20)24;1-2-10-18(11-3-1)23-20-14-6-7-15-22(20)25(24-23)21-16-8-12-17-9-4-5-13-19(17)21;22-20(23,24)14-10-8-13(9-11-14)19-17-6-1-2-7-18(17)29(28-19)16-5-3-4-15(12-16)21(25,26)27;14-10-2-1-3-12(7-10)17-13-5-4-11(15)6-9(13)8-16-17;;;;/h1-16,18H;1-15,23H;1-4,6-12,19H;1-2,4-8H;;;;/q-1;;;-1;;;;. The number of para-hydroxylation sites is 3. The Labute approximate surface area is 646 Å². The van der Waals surface area contributed by atoms with Crippen LogP contribution in [0.25, 0.3) is 76.8 Å². The molecule has 522 valence electrons. The smallest absolute Gasteiger partial charge is 0.258 e. The molecule has 4 radical (unpaired) electrons. The fourth-order valence-electron chi connectivity index (χ4n) is 12.6. The van der Waals surface area contributed by atoms with Gasteiger partial charge >= 0.3 is 12.4 Å². The van der Waals surface area contributed by atoms with E-state index in [4.69, 9.17) is 10.2 Å². The number of rotatable bonds is 7. The van der Waals surface area contributed by atoms with Gasteiger partial charge in [-0.3, -0.25) is 9.36 Å². The van der Waals surface area contributed by atoms with E-state index in [9.17, 15) is 35.1 Å². The van der Waals surface area contributed by atoms with Crippen LogP contribution >= 0.6 is 0 Å². The summed E-state index contributed by atoms with van der Waals surface area (Å²) in [6, 6.07) is 102. The van der Waals surface area contributed by atoms with Crippen molar-refractivity contribution < 1.29 is 116 Å². The number of nitrogens with zero attached hydrogens (tertiary/aromatic N) is 8. The molecular formula is C84H52F8Ir4N8-2. The van der Waals surface area contributed by atoms with Crippen LogP contribution in [0.5, 0.6) is 0 Å². The second kappa shape index (κ2) is 32.4. The maximum Gasteiger partial charge on any atom is 0.416 e. The van der Waals surface area contributed by atoms with E-state index >= 15 is 0 Å². The molecule has 2 aromatic heterocycles. The third-order valence-corrected chi connectivity index (χ3v) is 17.3. The zero-order valence-corrected chi connectivity index (χ0v) is 63.5. The minimum atomic E-state index is -4.52. The van der Waals surface area contributed by atoms with E-state index in [2.05, 4.69) is 215 Å². The van der Waals surface area contributed by atoms with Crippen molar-refractivity contribution in [1.29, 1.82) is 0 Å². The number of fused-ring (bicyclic) bond motifs is 7. The summed E-state index contributed by atoms with van der Waals surface area (Å²) < 4.78 is 111. The van der Waals surface area contributed by atoms with Crippen molar-refractivity contribution in [3.05, 3.63) is 373 Å². The largest absolute Gasteiger partial charge is 0.416 e. The van der Waals surface area contributed by atoms with E-state index in [-0.39, 0.29) is 104 Å². The quantitative estimate of drug-likeness (QED) is 0.0907. The van der Waals surface area contributed by atoms with Gasteiger partial charge < -0.3 is 0 Å². The minimum absolute atomic E-state index is 0. The molecule has 4 heterocycles. The third-order valence-electron chi connectivity index (χ3n) is 17.3. The Balaban J connectivity index is 0.000000139. The number of halogens is 8. The van der Waals surface area contributed by atoms with Crippen molar-refractivity contribution in [2.75, 3.05) is 0 Å². The van der Waals surface area contributed by atoms with Gasteiger partial charge in [0.2, 0.25) is 11.4 Å². The van der Waals surface area contributed by atoms with Crippen molar-refractivity contribution in [2.45, 2.75) is 24.4 Å². The molecule has 0 amide bonds. The first-order chi connectivity index (χ1) is 48.7. The maximum atomic E-state index is 13.1. The van der Waals surface area contributed by atoms with Gasteiger partial charge in [-0.1, -0.05) is 185 Å². The molecule has 0 N–H and O–H groups in total. The van der Waals surface area contributed by atoms with Gasteiger partial charge in [0, 0.05) is 115 Å². The van der Waals surface area contributed by atoms with Gasteiger partial charge in [0.1, 0.15) is 22.9 Å². The van der Waals surface area contributed by atoms with Crippen molar-refractivity contribution in [3.8, 4) is 22.6 Å². The van der Waals surface area contributed by atoms with Gasteiger partial charge in [-0.25, -0.2) is 8.78 Å². The fourth-order valence-corrected chi connectivity index (χ4v) is 12.6. The van der Waals surface area contributed by atoms with E-state index in [1.165, 1.54) is 102 Å². The number of azo groups is 4. The average molecular weight is 2090 g/mol. The van der Waals surface area contributed by atoms with Crippen LogP contribution in [0.15, 0.2) is 314 Å². The van der Waals surface area contributed by atoms with Gasteiger partial charge in [0.05, 0.1) is 33.9 Å². The van der Waals surface area contributed by atoms with Crippen molar-refractivity contribution in [3.63, 3.8) is 0 Å². The summed E-state index contributed by atoms with van der Waals surface area (Å²) in [5, 5.41) is 27.7. The molecule has 0 bridgehead atoms. The predicted molar refractivity (Wildman–Crippen MR) is 375 cm³/mol. The molecule has 2 aliphatic heterocycles. The summed E-state index contributed by atoms with van der Waals surface area (Å²) in [6.07, 6.45) is -7.44. The maximum absolute atomic E-state index is 13.1. The van der Waals surface area contributed by atoms with E-state index in [0.717, 1.165) is 68.9 Å². The van der Waals surface area contributed by atoms with Crippen molar-refractivity contribution in [1.82, 2.24) is 29.0 Å². The molecule has 2 aliphatic rings. The Morgan fingerprint density at radius 3 is 1.62 bits per heavy atom. The second-order valence-corrected chi connectivity index (χ2v) is 23.6. The molecule has 0 spiro atoms. The predicted octanol–water partition coefficient (Wildman–Crippen LogP) is 22.8. The molecule has 2 unspecified atom stereocenters. The van der Waals surface area contributed by atoms with Crippen LogP contribution in [0.2, 0.25) is 0 Å². The average Bonchev–Trinajstić information content (AvgIpc) is 1.61. The van der Waals surface area contributed by atoms with Gasteiger partial charge in [-0.05, 0) is 97.6 Å². The number of hydrogen-bond donors (Lipinski definition) is 0. The van der Waals surface area contributed by atoms with Crippen LogP contribution < -0.4 is 9.39 Å². The number of aromatic nitrogens is 4. The van der Waals surface area contributed by atoms with E-state index in [1.807, 2.05) is 22.9 Å². The van der Waals surface area contributed by atoms with Crippen molar-refractivity contribution >= 4 is 76.9 Å². The minimum Gasteiger partial charge on any atom is -0.258 e.